The Morgan fingerprint density at radius 2 is 2.31 bits per heavy atom. The number of fused-ring (bicyclic) bond motifs is 1. The quantitative estimate of drug-likeness (QED) is 0.657. The molecule has 2 fully saturated rings. The van der Waals surface area contributed by atoms with E-state index < -0.39 is 0 Å². The van der Waals surface area contributed by atoms with Crippen molar-refractivity contribution < 1.29 is 5.11 Å². The second-order valence-corrected chi connectivity index (χ2v) is 4.39. The Bertz CT molecular complexity index is 174. The minimum atomic E-state index is 0.253. The minimum Gasteiger partial charge on any atom is -0.395 e. The third-order valence-corrected chi connectivity index (χ3v) is 3.38. The zero-order chi connectivity index (χ0) is 9.26. The highest BCUT2D eigenvalue weighted by Gasteiger charge is 2.37. The van der Waals surface area contributed by atoms with Crippen molar-refractivity contribution in [3.05, 3.63) is 0 Å². The summed E-state index contributed by atoms with van der Waals surface area (Å²) >= 11 is 0. The van der Waals surface area contributed by atoms with E-state index in [9.17, 15) is 0 Å². The van der Waals surface area contributed by atoms with Crippen LogP contribution in [0.25, 0.3) is 0 Å². The highest BCUT2D eigenvalue weighted by molar-refractivity contribution is 4.96. The summed E-state index contributed by atoms with van der Waals surface area (Å²) in [5, 5.41) is 12.5. The number of nitrogens with zero attached hydrogens (tertiary/aromatic N) is 1. The normalized spacial score (nSPS) is 36.5. The number of nitrogens with one attached hydrogen (secondary N) is 1. The van der Waals surface area contributed by atoms with Gasteiger partial charge in [0.15, 0.2) is 0 Å². The van der Waals surface area contributed by atoms with E-state index >= 15 is 0 Å². The van der Waals surface area contributed by atoms with E-state index in [-0.39, 0.29) is 12.6 Å². The fraction of sp³-hybridized carbons (Fsp3) is 1.00. The topological polar surface area (TPSA) is 35.5 Å². The van der Waals surface area contributed by atoms with Crippen molar-refractivity contribution in [3.8, 4) is 0 Å². The molecule has 0 radical (unpaired) electrons. The van der Waals surface area contributed by atoms with E-state index in [1.807, 2.05) is 0 Å². The van der Waals surface area contributed by atoms with Crippen LogP contribution >= 0.6 is 0 Å². The first kappa shape index (κ1) is 9.44. The van der Waals surface area contributed by atoms with Gasteiger partial charge in [0.25, 0.3) is 0 Å². The average molecular weight is 184 g/mol. The molecule has 3 unspecified atom stereocenters. The Kier molecular flexibility index (Phi) is 2.86. The van der Waals surface area contributed by atoms with Gasteiger partial charge in [-0.25, -0.2) is 0 Å². The second-order valence-electron chi connectivity index (χ2n) is 4.39. The summed E-state index contributed by atoms with van der Waals surface area (Å²) in [6.07, 6.45) is 3.96. The monoisotopic (exact) mass is 184 g/mol. The number of aliphatic hydroxyl groups excluding tert-OH is 1. The maximum Gasteiger partial charge on any atom is 0.0582 e. The number of rotatable bonds is 3. The van der Waals surface area contributed by atoms with Gasteiger partial charge in [0.2, 0.25) is 0 Å². The molecule has 2 heterocycles. The molecule has 13 heavy (non-hydrogen) atoms. The smallest absolute Gasteiger partial charge is 0.0582 e. The Balaban J connectivity index is 1.86. The summed E-state index contributed by atoms with van der Waals surface area (Å²) < 4.78 is 0. The van der Waals surface area contributed by atoms with Gasteiger partial charge in [-0.05, 0) is 32.7 Å². The van der Waals surface area contributed by atoms with Crippen LogP contribution in [0.2, 0.25) is 0 Å². The minimum absolute atomic E-state index is 0.253. The fourth-order valence-corrected chi connectivity index (χ4v) is 2.70. The van der Waals surface area contributed by atoms with Crippen molar-refractivity contribution >= 4 is 0 Å². The van der Waals surface area contributed by atoms with Gasteiger partial charge < -0.3 is 10.4 Å². The van der Waals surface area contributed by atoms with Crippen molar-refractivity contribution in [1.82, 2.24) is 10.2 Å². The molecule has 2 rings (SSSR count). The Labute approximate surface area is 80.1 Å². The van der Waals surface area contributed by atoms with Crippen LogP contribution in [0.1, 0.15) is 26.2 Å². The second kappa shape index (κ2) is 3.95. The molecule has 0 saturated carbocycles. The van der Waals surface area contributed by atoms with E-state index in [0.717, 1.165) is 6.04 Å². The van der Waals surface area contributed by atoms with Crippen LogP contribution in [-0.4, -0.2) is 47.8 Å². The molecule has 3 nitrogen and oxygen atoms in total. The summed E-state index contributed by atoms with van der Waals surface area (Å²) in [6, 6.07) is 1.64. The predicted molar refractivity (Wildman–Crippen MR) is 52.7 cm³/mol. The number of hydrogen-bond acceptors (Lipinski definition) is 3. The first-order chi connectivity index (χ1) is 6.31. The lowest BCUT2D eigenvalue weighted by molar-refractivity contribution is 0.226. The molecule has 0 spiro atoms. The largest absolute Gasteiger partial charge is 0.395 e. The molecule has 76 valence electrons. The van der Waals surface area contributed by atoms with E-state index in [1.54, 1.807) is 0 Å². The van der Waals surface area contributed by atoms with Gasteiger partial charge in [-0.1, -0.05) is 0 Å². The summed E-state index contributed by atoms with van der Waals surface area (Å²) in [5.41, 5.74) is 0. The van der Waals surface area contributed by atoms with Crippen LogP contribution in [-0.2, 0) is 0 Å². The zero-order valence-electron chi connectivity index (χ0n) is 8.37. The van der Waals surface area contributed by atoms with E-state index in [4.69, 9.17) is 5.11 Å². The third-order valence-electron chi connectivity index (χ3n) is 3.38. The van der Waals surface area contributed by atoms with Crippen LogP contribution in [0.5, 0.6) is 0 Å². The average Bonchev–Trinajstić information content (AvgIpc) is 2.69. The molecule has 0 aromatic rings. The van der Waals surface area contributed by atoms with E-state index in [0.29, 0.717) is 6.04 Å². The Morgan fingerprint density at radius 3 is 3.08 bits per heavy atom. The van der Waals surface area contributed by atoms with Crippen LogP contribution in [0.3, 0.4) is 0 Å². The molecular formula is C10H20N2O. The van der Waals surface area contributed by atoms with Crippen molar-refractivity contribution in [1.29, 1.82) is 0 Å². The maximum absolute atomic E-state index is 8.96. The maximum atomic E-state index is 8.96. The highest BCUT2D eigenvalue weighted by Crippen LogP contribution is 2.27. The summed E-state index contributed by atoms with van der Waals surface area (Å²) in [4.78, 5) is 2.59. The lowest BCUT2D eigenvalue weighted by Gasteiger charge is -2.24. The molecule has 3 heteroatoms. The fourth-order valence-electron chi connectivity index (χ4n) is 2.70. The summed E-state index contributed by atoms with van der Waals surface area (Å²) in [7, 11) is 0. The summed E-state index contributed by atoms with van der Waals surface area (Å²) in [6.45, 7) is 4.84. The zero-order valence-corrected chi connectivity index (χ0v) is 8.37. The van der Waals surface area contributed by atoms with Gasteiger partial charge in [0.05, 0.1) is 6.61 Å². The SMILES string of the molecule is CC(CO)NC1CCN2CCCC12. The van der Waals surface area contributed by atoms with Gasteiger partial charge in [0, 0.05) is 24.7 Å². The van der Waals surface area contributed by atoms with Gasteiger partial charge in [-0.2, -0.15) is 0 Å². The van der Waals surface area contributed by atoms with Crippen molar-refractivity contribution in [3.63, 3.8) is 0 Å². The molecular weight excluding hydrogens is 164 g/mol. The first-order valence-electron chi connectivity index (χ1n) is 5.42. The number of aliphatic hydroxyl groups is 1. The number of hydrogen-bond donors (Lipinski definition) is 2. The molecule has 0 aliphatic carbocycles. The van der Waals surface area contributed by atoms with Crippen LogP contribution in [0, 0.1) is 0 Å². The van der Waals surface area contributed by atoms with Crippen molar-refractivity contribution in [2.45, 2.75) is 44.3 Å². The van der Waals surface area contributed by atoms with Crippen LogP contribution in [0.15, 0.2) is 0 Å². The van der Waals surface area contributed by atoms with Gasteiger partial charge in [-0.3, -0.25) is 4.90 Å². The highest BCUT2D eigenvalue weighted by atomic mass is 16.3. The first-order valence-corrected chi connectivity index (χ1v) is 5.42. The van der Waals surface area contributed by atoms with Crippen LogP contribution < -0.4 is 5.32 Å². The third kappa shape index (κ3) is 1.87. The molecule has 3 atom stereocenters. The van der Waals surface area contributed by atoms with E-state index in [1.165, 1.54) is 32.4 Å². The molecule has 0 bridgehead atoms. The van der Waals surface area contributed by atoms with Gasteiger partial charge in [-0.15, -0.1) is 0 Å². The Morgan fingerprint density at radius 1 is 1.46 bits per heavy atom. The van der Waals surface area contributed by atoms with Gasteiger partial charge >= 0.3 is 0 Å². The van der Waals surface area contributed by atoms with Crippen molar-refractivity contribution in [2.24, 2.45) is 0 Å². The standard InChI is InChI=1S/C10H20N2O/c1-8(7-13)11-9-4-6-12-5-2-3-10(9)12/h8-11,13H,2-7H2,1H3. The molecule has 2 saturated heterocycles. The predicted octanol–water partition coefficient (Wildman–Crippen LogP) is 0.194. The Hall–Kier alpha value is -0.120. The molecule has 0 aromatic carbocycles. The lowest BCUT2D eigenvalue weighted by Crippen LogP contribution is -2.44. The summed E-state index contributed by atoms with van der Waals surface area (Å²) in [5.74, 6) is 0. The van der Waals surface area contributed by atoms with Crippen molar-refractivity contribution in [2.75, 3.05) is 19.7 Å². The van der Waals surface area contributed by atoms with Crippen LogP contribution in [0.4, 0.5) is 0 Å². The molecule has 2 N–H and O–H groups in total. The molecule has 2 aliphatic heterocycles. The van der Waals surface area contributed by atoms with Gasteiger partial charge in [0.1, 0.15) is 0 Å². The molecule has 2 aliphatic rings. The lowest BCUT2D eigenvalue weighted by atomic mass is 10.1. The van der Waals surface area contributed by atoms with E-state index in [2.05, 4.69) is 17.1 Å². The molecule has 0 aromatic heterocycles. The molecule has 0 amide bonds.